The molecule has 5 nitrogen and oxygen atoms in total. The highest BCUT2D eigenvalue weighted by Crippen LogP contribution is 2.15. The number of amides is 1. The third-order valence-electron chi connectivity index (χ3n) is 3.96. The summed E-state index contributed by atoms with van der Waals surface area (Å²) in [6.45, 7) is 8.20. The molecule has 110 valence electrons. The Labute approximate surface area is 120 Å². The van der Waals surface area contributed by atoms with Crippen LogP contribution >= 0.6 is 0 Å². The maximum atomic E-state index is 12.1. The second-order valence-electron chi connectivity index (χ2n) is 5.52. The number of carbonyl (C=O) groups excluding carboxylic acids is 1. The molecular weight excluding hydrogens is 252 g/mol. The minimum Gasteiger partial charge on any atom is -0.351 e. The van der Waals surface area contributed by atoms with Crippen LogP contribution in [0.25, 0.3) is 0 Å². The molecule has 0 atom stereocenters. The molecule has 1 N–H and O–H groups in total. The van der Waals surface area contributed by atoms with E-state index in [9.17, 15) is 4.79 Å². The Morgan fingerprint density at radius 3 is 2.90 bits per heavy atom. The molecule has 0 radical (unpaired) electrons. The number of aryl methyl sites for hydroxylation is 1. The Morgan fingerprint density at radius 2 is 2.20 bits per heavy atom. The van der Waals surface area contributed by atoms with E-state index < -0.39 is 0 Å². The summed E-state index contributed by atoms with van der Waals surface area (Å²) < 4.78 is 0. The lowest BCUT2D eigenvalue weighted by atomic mass is 9.99. The smallest absolute Gasteiger partial charge is 0.254 e. The van der Waals surface area contributed by atoms with E-state index in [1.807, 2.05) is 6.92 Å². The maximum absolute atomic E-state index is 12.1. The molecule has 2 heterocycles. The Balaban J connectivity index is 1.78. The molecule has 1 aliphatic rings. The zero-order valence-electron chi connectivity index (χ0n) is 12.4. The number of hydrogen-bond donors (Lipinski definition) is 1. The number of carbonyl (C=O) groups is 1. The monoisotopic (exact) mass is 276 g/mol. The van der Waals surface area contributed by atoms with Gasteiger partial charge in [-0.1, -0.05) is 13.8 Å². The first kappa shape index (κ1) is 14.9. The molecule has 20 heavy (non-hydrogen) atoms. The van der Waals surface area contributed by atoms with Crippen molar-refractivity contribution in [2.24, 2.45) is 5.92 Å². The molecule has 0 bridgehead atoms. The fourth-order valence-electron chi connectivity index (χ4n) is 2.53. The van der Waals surface area contributed by atoms with Crippen LogP contribution in [0, 0.1) is 5.92 Å². The summed E-state index contributed by atoms with van der Waals surface area (Å²) in [6, 6.07) is 0. The maximum Gasteiger partial charge on any atom is 0.254 e. The normalized spacial score (nSPS) is 17.1. The molecule has 1 fully saturated rings. The van der Waals surface area contributed by atoms with Crippen LogP contribution in [0.2, 0.25) is 0 Å². The summed E-state index contributed by atoms with van der Waals surface area (Å²) in [5.41, 5.74) is 1.41. The second-order valence-corrected chi connectivity index (χ2v) is 5.52. The van der Waals surface area contributed by atoms with Crippen LogP contribution in [-0.4, -0.2) is 47.0 Å². The van der Waals surface area contributed by atoms with Gasteiger partial charge >= 0.3 is 0 Å². The molecule has 1 aliphatic heterocycles. The summed E-state index contributed by atoms with van der Waals surface area (Å²) in [7, 11) is 0. The van der Waals surface area contributed by atoms with Gasteiger partial charge in [0.25, 0.3) is 5.91 Å². The number of piperidine rings is 1. The van der Waals surface area contributed by atoms with E-state index in [0.717, 1.165) is 37.7 Å². The molecule has 1 aromatic heterocycles. The fourth-order valence-corrected chi connectivity index (χ4v) is 2.53. The third-order valence-corrected chi connectivity index (χ3v) is 3.96. The first-order chi connectivity index (χ1) is 9.70. The van der Waals surface area contributed by atoms with Crippen molar-refractivity contribution in [1.82, 2.24) is 20.2 Å². The van der Waals surface area contributed by atoms with Gasteiger partial charge in [0.05, 0.1) is 11.3 Å². The van der Waals surface area contributed by atoms with Crippen molar-refractivity contribution in [1.29, 1.82) is 0 Å². The Morgan fingerprint density at radius 1 is 1.45 bits per heavy atom. The summed E-state index contributed by atoms with van der Waals surface area (Å²) >= 11 is 0. The lowest BCUT2D eigenvalue weighted by Gasteiger charge is -2.30. The molecule has 0 unspecified atom stereocenters. The summed E-state index contributed by atoms with van der Waals surface area (Å²) in [4.78, 5) is 22.6. The Kier molecular flexibility index (Phi) is 5.47. The van der Waals surface area contributed by atoms with E-state index >= 15 is 0 Å². The average molecular weight is 276 g/mol. The van der Waals surface area contributed by atoms with E-state index in [2.05, 4.69) is 27.1 Å². The van der Waals surface area contributed by atoms with Gasteiger partial charge in [-0.25, -0.2) is 9.97 Å². The van der Waals surface area contributed by atoms with Gasteiger partial charge in [0, 0.05) is 19.3 Å². The average Bonchev–Trinajstić information content (AvgIpc) is 2.49. The first-order valence-corrected chi connectivity index (χ1v) is 7.50. The summed E-state index contributed by atoms with van der Waals surface area (Å²) in [5, 5.41) is 2.97. The Hall–Kier alpha value is -1.49. The van der Waals surface area contributed by atoms with Crippen molar-refractivity contribution in [3.05, 3.63) is 23.8 Å². The lowest BCUT2D eigenvalue weighted by molar-refractivity contribution is 0.0942. The number of hydrogen-bond acceptors (Lipinski definition) is 4. The third kappa shape index (κ3) is 4.00. The van der Waals surface area contributed by atoms with E-state index in [4.69, 9.17) is 0 Å². The Bertz CT molecular complexity index is 441. The number of likely N-dealkylation sites (tertiary alicyclic amines) is 1. The molecule has 2 rings (SSSR count). The highest BCUT2D eigenvalue weighted by atomic mass is 16.1. The fraction of sp³-hybridized carbons (Fsp3) is 0.667. The van der Waals surface area contributed by atoms with Crippen LogP contribution in [0.1, 0.15) is 42.7 Å². The van der Waals surface area contributed by atoms with E-state index in [-0.39, 0.29) is 5.91 Å². The molecular formula is C15H24N4O. The topological polar surface area (TPSA) is 58.1 Å². The summed E-state index contributed by atoms with van der Waals surface area (Å²) in [6.07, 6.45) is 6.37. The number of nitrogens with zero attached hydrogens (tertiary/aromatic N) is 3. The highest BCUT2D eigenvalue weighted by Gasteiger charge is 2.16. The van der Waals surface area contributed by atoms with Gasteiger partial charge in [0.2, 0.25) is 0 Å². The van der Waals surface area contributed by atoms with Gasteiger partial charge in [0.15, 0.2) is 0 Å². The van der Waals surface area contributed by atoms with Gasteiger partial charge < -0.3 is 10.2 Å². The zero-order chi connectivity index (χ0) is 14.4. The molecule has 1 aromatic rings. The minimum absolute atomic E-state index is 0.0622. The minimum atomic E-state index is -0.0622. The second kappa shape index (κ2) is 7.33. The molecule has 5 heteroatoms. The predicted molar refractivity (Wildman–Crippen MR) is 78.6 cm³/mol. The van der Waals surface area contributed by atoms with Crippen molar-refractivity contribution < 1.29 is 4.79 Å². The predicted octanol–water partition coefficient (Wildman–Crippen LogP) is 1.50. The summed E-state index contributed by atoms with van der Waals surface area (Å²) in [5.74, 6) is 0.780. The molecule has 0 spiro atoms. The molecule has 1 amide bonds. The van der Waals surface area contributed by atoms with Gasteiger partial charge in [0.1, 0.15) is 6.33 Å². The van der Waals surface area contributed by atoms with Gasteiger partial charge in [-0.2, -0.15) is 0 Å². The van der Waals surface area contributed by atoms with E-state index in [1.165, 1.54) is 19.2 Å². The highest BCUT2D eigenvalue weighted by molar-refractivity contribution is 5.94. The van der Waals surface area contributed by atoms with Crippen molar-refractivity contribution in [3.63, 3.8) is 0 Å². The first-order valence-electron chi connectivity index (χ1n) is 7.50. The van der Waals surface area contributed by atoms with Gasteiger partial charge in [-0.05, 0) is 38.3 Å². The van der Waals surface area contributed by atoms with Crippen molar-refractivity contribution >= 4 is 5.91 Å². The van der Waals surface area contributed by atoms with Crippen molar-refractivity contribution in [2.45, 2.75) is 33.1 Å². The quantitative estimate of drug-likeness (QED) is 0.885. The molecule has 0 aromatic carbocycles. The van der Waals surface area contributed by atoms with Crippen LogP contribution in [-0.2, 0) is 6.42 Å². The van der Waals surface area contributed by atoms with Crippen molar-refractivity contribution in [2.75, 3.05) is 26.2 Å². The van der Waals surface area contributed by atoms with Crippen LogP contribution in [0.5, 0.6) is 0 Å². The molecule has 1 saturated heterocycles. The van der Waals surface area contributed by atoms with E-state index in [0.29, 0.717) is 12.1 Å². The standard InChI is InChI=1S/C15H24N4O/c1-3-14-13(10-16-11-18-14)15(20)17-6-9-19-7-4-12(2)5-8-19/h10-12H,3-9H2,1-2H3,(H,17,20). The SMILES string of the molecule is CCc1ncncc1C(=O)NCCN1CCC(C)CC1. The van der Waals surface area contributed by atoms with Crippen LogP contribution in [0.4, 0.5) is 0 Å². The number of aromatic nitrogens is 2. The van der Waals surface area contributed by atoms with Crippen LogP contribution in [0.15, 0.2) is 12.5 Å². The number of rotatable bonds is 5. The van der Waals surface area contributed by atoms with E-state index in [1.54, 1.807) is 6.20 Å². The van der Waals surface area contributed by atoms with Crippen LogP contribution < -0.4 is 5.32 Å². The largest absolute Gasteiger partial charge is 0.351 e. The zero-order valence-corrected chi connectivity index (χ0v) is 12.4. The van der Waals surface area contributed by atoms with Gasteiger partial charge in [-0.15, -0.1) is 0 Å². The molecule has 0 saturated carbocycles. The lowest BCUT2D eigenvalue weighted by Crippen LogP contribution is -2.39. The molecule has 0 aliphatic carbocycles. The van der Waals surface area contributed by atoms with Gasteiger partial charge in [-0.3, -0.25) is 4.79 Å². The van der Waals surface area contributed by atoms with Crippen LogP contribution in [0.3, 0.4) is 0 Å². The van der Waals surface area contributed by atoms with Crippen molar-refractivity contribution in [3.8, 4) is 0 Å². The number of nitrogens with one attached hydrogen (secondary N) is 1.